The molecule has 4 aromatic rings. The third kappa shape index (κ3) is 6.82. The Morgan fingerprint density at radius 3 is 2.34 bits per heavy atom. The van der Waals surface area contributed by atoms with Crippen molar-refractivity contribution < 1.29 is 23.9 Å². The number of nitrogens with one attached hydrogen (secondary N) is 2. The van der Waals surface area contributed by atoms with Crippen LogP contribution in [0.4, 0.5) is 16.2 Å². The van der Waals surface area contributed by atoms with Crippen molar-refractivity contribution in [2.45, 2.75) is 46.3 Å². The molecule has 5 rings (SSSR count). The van der Waals surface area contributed by atoms with Gasteiger partial charge >= 0.3 is 6.09 Å². The zero-order chi connectivity index (χ0) is 34.2. The molecule has 0 fully saturated rings. The van der Waals surface area contributed by atoms with Crippen LogP contribution in [0.5, 0.6) is 0 Å². The SMILES string of the molecule is Cc1c(NC(=O)c2cc(C=O)cn(C)c2=O)cccc1-c1cccc(NC(=O)c2nc3c(n2C)CCN(C(=O)OC(C)(C)C)C3)c1Cl. The molecule has 47 heavy (non-hydrogen) atoms. The van der Waals surface area contributed by atoms with Crippen molar-refractivity contribution in [2.24, 2.45) is 14.1 Å². The Kier molecular flexibility index (Phi) is 9.08. The highest BCUT2D eigenvalue weighted by atomic mass is 35.5. The number of imidazole rings is 1. The normalized spacial score (nSPS) is 12.7. The number of fused-ring (bicyclic) bond motifs is 1. The maximum Gasteiger partial charge on any atom is 0.410 e. The summed E-state index contributed by atoms with van der Waals surface area (Å²) in [6.45, 7) is 7.89. The molecule has 0 unspecified atom stereocenters. The fourth-order valence-electron chi connectivity index (χ4n) is 5.45. The largest absolute Gasteiger partial charge is 0.444 e. The van der Waals surface area contributed by atoms with E-state index in [0.29, 0.717) is 53.0 Å². The lowest BCUT2D eigenvalue weighted by Crippen LogP contribution is -2.40. The fourth-order valence-corrected chi connectivity index (χ4v) is 5.72. The first kappa shape index (κ1) is 33.1. The molecule has 0 radical (unpaired) electrons. The van der Waals surface area contributed by atoms with Crippen LogP contribution in [-0.4, -0.2) is 55.4 Å². The minimum Gasteiger partial charge on any atom is -0.444 e. The van der Waals surface area contributed by atoms with E-state index in [9.17, 15) is 24.0 Å². The molecule has 2 aromatic carbocycles. The van der Waals surface area contributed by atoms with E-state index >= 15 is 0 Å². The van der Waals surface area contributed by atoms with Crippen molar-refractivity contribution >= 4 is 47.2 Å². The average Bonchev–Trinajstić information content (AvgIpc) is 3.35. The Labute approximate surface area is 276 Å². The monoisotopic (exact) mass is 658 g/mol. The number of pyridine rings is 1. The van der Waals surface area contributed by atoms with E-state index in [4.69, 9.17) is 16.3 Å². The summed E-state index contributed by atoms with van der Waals surface area (Å²) in [6, 6.07) is 11.7. The highest BCUT2D eigenvalue weighted by Crippen LogP contribution is 2.37. The molecule has 12 nitrogen and oxygen atoms in total. The number of rotatable bonds is 6. The minimum atomic E-state index is -0.659. The lowest BCUT2D eigenvalue weighted by atomic mass is 9.98. The molecule has 1 aliphatic rings. The van der Waals surface area contributed by atoms with Crippen molar-refractivity contribution in [3.63, 3.8) is 0 Å². The summed E-state index contributed by atoms with van der Waals surface area (Å²) >= 11 is 6.86. The summed E-state index contributed by atoms with van der Waals surface area (Å²) in [5.41, 5.74) is 3.10. The van der Waals surface area contributed by atoms with E-state index < -0.39 is 29.1 Å². The highest BCUT2D eigenvalue weighted by Gasteiger charge is 2.30. The summed E-state index contributed by atoms with van der Waals surface area (Å²) in [6.07, 6.45) is 2.01. The zero-order valence-corrected chi connectivity index (χ0v) is 27.7. The Hall–Kier alpha value is -5.23. The van der Waals surface area contributed by atoms with Gasteiger partial charge in [-0.05, 0) is 57.0 Å². The van der Waals surface area contributed by atoms with Gasteiger partial charge in [-0.25, -0.2) is 9.78 Å². The van der Waals surface area contributed by atoms with Crippen LogP contribution in [0, 0.1) is 6.92 Å². The van der Waals surface area contributed by atoms with Gasteiger partial charge in [0.1, 0.15) is 11.2 Å². The average molecular weight is 659 g/mol. The van der Waals surface area contributed by atoms with E-state index in [1.807, 2.05) is 26.8 Å². The lowest BCUT2D eigenvalue weighted by Gasteiger charge is -2.29. The first-order valence-corrected chi connectivity index (χ1v) is 15.3. The van der Waals surface area contributed by atoms with Gasteiger partial charge in [0, 0.05) is 55.8 Å². The van der Waals surface area contributed by atoms with Crippen LogP contribution in [-0.2, 0) is 31.8 Å². The van der Waals surface area contributed by atoms with Crippen LogP contribution >= 0.6 is 11.6 Å². The molecule has 0 spiro atoms. The second-order valence-corrected chi connectivity index (χ2v) is 12.7. The number of hydrogen-bond donors (Lipinski definition) is 2. The van der Waals surface area contributed by atoms with Crippen LogP contribution in [0.25, 0.3) is 11.1 Å². The number of aldehydes is 1. The number of amides is 3. The second-order valence-electron chi connectivity index (χ2n) is 12.3. The first-order chi connectivity index (χ1) is 22.2. The number of ether oxygens (including phenoxy) is 1. The number of halogens is 1. The minimum absolute atomic E-state index is 0.168. The van der Waals surface area contributed by atoms with Crippen molar-refractivity contribution in [1.29, 1.82) is 0 Å². The van der Waals surface area contributed by atoms with Crippen molar-refractivity contribution in [3.05, 3.63) is 97.9 Å². The second kappa shape index (κ2) is 12.9. The number of carbonyl (C=O) groups excluding carboxylic acids is 4. The van der Waals surface area contributed by atoms with Gasteiger partial charge in [0.05, 0.1) is 22.9 Å². The molecule has 13 heteroatoms. The number of aryl methyl sites for hydroxylation is 1. The summed E-state index contributed by atoms with van der Waals surface area (Å²) < 4.78 is 8.41. The topological polar surface area (TPSA) is 145 Å². The van der Waals surface area contributed by atoms with Gasteiger partial charge in [-0.2, -0.15) is 0 Å². The molecular formula is C34H35ClN6O6. The van der Waals surface area contributed by atoms with Gasteiger partial charge in [0.2, 0.25) is 0 Å². The van der Waals surface area contributed by atoms with Gasteiger partial charge < -0.3 is 29.4 Å². The highest BCUT2D eigenvalue weighted by molar-refractivity contribution is 6.36. The van der Waals surface area contributed by atoms with Gasteiger partial charge in [-0.15, -0.1) is 0 Å². The van der Waals surface area contributed by atoms with Gasteiger partial charge in [-0.1, -0.05) is 35.9 Å². The summed E-state index contributed by atoms with van der Waals surface area (Å²) in [4.78, 5) is 69.2. The van der Waals surface area contributed by atoms with Crippen LogP contribution in [0.3, 0.4) is 0 Å². The Bertz CT molecular complexity index is 1990. The number of nitrogens with zero attached hydrogens (tertiary/aromatic N) is 4. The molecule has 244 valence electrons. The maximum atomic E-state index is 13.5. The zero-order valence-electron chi connectivity index (χ0n) is 26.9. The van der Waals surface area contributed by atoms with Gasteiger partial charge in [0.25, 0.3) is 17.4 Å². The van der Waals surface area contributed by atoms with Crippen LogP contribution in [0.1, 0.15) is 69.1 Å². The van der Waals surface area contributed by atoms with E-state index in [-0.39, 0.29) is 28.5 Å². The lowest BCUT2D eigenvalue weighted by molar-refractivity contribution is 0.0220. The molecule has 1 aliphatic heterocycles. The third-order valence-electron chi connectivity index (χ3n) is 7.81. The fraction of sp³-hybridized carbons (Fsp3) is 0.294. The van der Waals surface area contributed by atoms with Crippen molar-refractivity contribution in [3.8, 4) is 11.1 Å². The van der Waals surface area contributed by atoms with Crippen LogP contribution < -0.4 is 16.2 Å². The Morgan fingerprint density at radius 2 is 1.66 bits per heavy atom. The van der Waals surface area contributed by atoms with Crippen LogP contribution in [0.15, 0.2) is 53.5 Å². The number of carbonyl (C=O) groups is 4. The van der Waals surface area contributed by atoms with E-state index in [2.05, 4.69) is 15.6 Å². The summed E-state index contributed by atoms with van der Waals surface area (Å²) in [7, 11) is 3.23. The molecule has 2 N–H and O–H groups in total. The molecule has 0 aliphatic carbocycles. The summed E-state index contributed by atoms with van der Waals surface area (Å²) in [5.74, 6) is -0.955. The molecule has 0 saturated heterocycles. The molecular weight excluding hydrogens is 624 g/mol. The molecule has 3 amide bonds. The van der Waals surface area contributed by atoms with Crippen molar-refractivity contribution in [1.82, 2.24) is 19.0 Å². The Morgan fingerprint density at radius 1 is 1.00 bits per heavy atom. The predicted octanol–water partition coefficient (Wildman–Crippen LogP) is 5.36. The van der Waals surface area contributed by atoms with Gasteiger partial charge in [-0.3, -0.25) is 19.2 Å². The van der Waals surface area contributed by atoms with Gasteiger partial charge in [0.15, 0.2) is 12.1 Å². The predicted molar refractivity (Wildman–Crippen MR) is 178 cm³/mol. The molecule has 0 saturated carbocycles. The van der Waals surface area contributed by atoms with Crippen LogP contribution in [0.2, 0.25) is 5.02 Å². The molecule has 2 aromatic heterocycles. The Balaban J connectivity index is 1.37. The molecule has 3 heterocycles. The van der Waals surface area contributed by atoms with E-state index in [0.717, 1.165) is 5.69 Å². The van der Waals surface area contributed by atoms with E-state index in [1.54, 1.807) is 53.8 Å². The number of anilines is 2. The smallest absolute Gasteiger partial charge is 0.410 e. The summed E-state index contributed by atoms with van der Waals surface area (Å²) in [5, 5.41) is 5.91. The number of aromatic nitrogens is 3. The molecule has 0 atom stereocenters. The standard InChI is InChI=1S/C34H35ClN6O6/c1-19-21(9-7-11-24(19)37-30(43)23-15-20(18-42)16-39(5)32(23)45)22-10-8-12-25(28(22)35)38-31(44)29-36-26-17-41(14-13-27(26)40(29)6)33(46)47-34(2,3)4/h7-12,15-16,18H,13-14,17H2,1-6H3,(H,37,43)(H,38,44). The third-order valence-corrected chi connectivity index (χ3v) is 8.22. The maximum absolute atomic E-state index is 13.5. The number of hydrogen-bond acceptors (Lipinski definition) is 7. The molecule has 0 bridgehead atoms. The number of benzene rings is 2. The quantitative estimate of drug-likeness (QED) is 0.266. The van der Waals surface area contributed by atoms with Crippen molar-refractivity contribution in [2.75, 3.05) is 17.2 Å². The van der Waals surface area contributed by atoms with E-state index in [1.165, 1.54) is 23.9 Å². The first-order valence-electron chi connectivity index (χ1n) is 14.9.